The highest BCUT2D eigenvalue weighted by Gasteiger charge is 2.45. The van der Waals surface area contributed by atoms with Crippen molar-refractivity contribution in [1.82, 2.24) is 20.9 Å². The molecular formula is C24H50N4. The number of hydrogen-bond acceptors (Lipinski definition) is 4. The molecular weight excluding hydrogens is 344 g/mol. The van der Waals surface area contributed by atoms with Crippen LogP contribution < -0.4 is 10.9 Å². The lowest BCUT2D eigenvalue weighted by molar-refractivity contribution is -0.0650. The normalized spacial score (nSPS) is 27.0. The Hall–Kier alpha value is -0.160. The molecule has 28 heavy (non-hydrogen) atoms. The summed E-state index contributed by atoms with van der Waals surface area (Å²) in [6.45, 7) is 23.8. The van der Waals surface area contributed by atoms with Gasteiger partial charge >= 0.3 is 0 Å². The van der Waals surface area contributed by atoms with Gasteiger partial charge in [0, 0.05) is 37.3 Å². The van der Waals surface area contributed by atoms with E-state index in [0.29, 0.717) is 10.8 Å². The topological polar surface area (TPSA) is 30.5 Å². The molecule has 2 heterocycles. The Kier molecular flexibility index (Phi) is 8.03. The minimum absolute atomic E-state index is 0.226. The molecule has 0 bridgehead atoms. The van der Waals surface area contributed by atoms with E-state index in [1.54, 1.807) is 0 Å². The van der Waals surface area contributed by atoms with Gasteiger partial charge in [-0.15, -0.1) is 0 Å². The highest BCUT2D eigenvalue weighted by molar-refractivity contribution is 4.98. The molecule has 0 aromatic rings. The van der Waals surface area contributed by atoms with Crippen molar-refractivity contribution >= 4 is 0 Å². The summed E-state index contributed by atoms with van der Waals surface area (Å²) in [6.07, 6.45) is 10.5. The zero-order valence-electron chi connectivity index (χ0n) is 20.4. The van der Waals surface area contributed by atoms with Crippen LogP contribution in [0.5, 0.6) is 0 Å². The van der Waals surface area contributed by atoms with E-state index in [-0.39, 0.29) is 11.1 Å². The van der Waals surface area contributed by atoms with E-state index in [4.69, 9.17) is 0 Å². The van der Waals surface area contributed by atoms with Gasteiger partial charge in [0.1, 0.15) is 0 Å². The Morgan fingerprint density at radius 2 is 0.929 bits per heavy atom. The van der Waals surface area contributed by atoms with Crippen molar-refractivity contribution in [2.45, 2.75) is 118 Å². The minimum Gasteiger partial charge on any atom is -0.255 e. The van der Waals surface area contributed by atoms with Gasteiger partial charge in [-0.1, -0.05) is 40.5 Å². The van der Waals surface area contributed by atoms with E-state index < -0.39 is 0 Å². The fourth-order valence-electron chi connectivity index (χ4n) is 4.84. The van der Waals surface area contributed by atoms with Crippen LogP contribution in [0.25, 0.3) is 0 Å². The highest BCUT2D eigenvalue weighted by Crippen LogP contribution is 2.43. The molecule has 0 aromatic heterocycles. The van der Waals surface area contributed by atoms with Gasteiger partial charge in [-0.2, -0.15) is 0 Å². The first-order valence-electron chi connectivity index (χ1n) is 11.9. The van der Waals surface area contributed by atoms with E-state index in [1.807, 2.05) is 0 Å². The number of hydrazine groups is 2. The Morgan fingerprint density at radius 3 is 1.29 bits per heavy atom. The fourth-order valence-corrected chi connectivity index (χ4v) is 4.84. The predicted molar refractivity (Wildman–Crippen MR) is 122 cm³/mol. The number of nitrogens with zero attached hydrogens (tertiary/aromatic N) is 2. The summed E-state index contributed by atoms with van der Waals surface area (Å²) < 4.78 is 0. The van der Waals surface area contributed by atoms with Crippen molar-refractivity contribution in [3.63, 3.8) is 0 Å². The summed E-state index contributed by atoms with van der Waals surface area (Å²) in [4.78, 5) is 0. The lowest BCUT2D eigenvalue weighted by Gasteiger charge is -2.53. The van der Waals surface area contributed by atoms with E-state index >= 15 is 0 Å². The largest absolute Gasteiger partial charge is 0.255 e. The summed E-state index contributed by atoms with van der Waals surface area (Å²) in [6, 6.07) is 0. The Morgan fingerprint density at radius 1 is 0.571 bits per heavy atom. The number of hydrogen-bond donors (Lipinski definition) is 2. The first kappa shape index (κ1) is 24.1. The Balaban J connectivity index is 1.58. The van der Waals surface area contributed by atoms with Crippen molar-refractivity contribution < 1.29 is 0 Å². The predicted octanol–water partition coefficient (Wildman–Crippen LogP) is 5.36. The van der Waals surface area contributed by atoms with Crippen LogP contribution in [0.1, 0.15) is 107 Å². The summed E-state index contributed by atoms with van der Waals surface area (Å²) in [7, 11) is 0. The van der Waals surface area contributed by atoms with Crippen LogP contribution in [0, 0.1) is 10.8 Å². The van der Waals surface area contributed by atoms with Gasteiger partial charge in [0.15, 0.2) is 0 Å². The molecule has 0 aromatic carbocycles. The van der Waals surface area contributed by atoms with Gasteiger partial charge in [0.05, 0.1) is 0 Å². The third kappa shape index (κ3) is 5.30. The number of unbranched alkanes of at least 4 members (excludes halogenated alkanes) is 3. The molecule has 4 heteroatoms. The van der Waals surface area contributed by atoms with Gasteiger partial charge in [-0.3, -0.25) is 10.9 Å². The zero-order valence-corrected chi connectivity index (χ0v) is 20.4. The highest BCUT2D eigenvalue weighted by atomic mass is 15.5. The summed E-state index contributed by atoms with van der Waals surface area (Å²) in [5.41, 5.74) is 8.68. The smallest absolute Gasteiger partial charge is 0.0348 e. The van der Waals surface area contributed by atoms with Crippen molar-refractivity contribution in [3.8, 4) is 0 Å². The monoisotopic (exact) mass is 394 g/mol. The van der Waals surface area contributed by atoms with Crippen LogP contribution >= 0.6 is 0 Å². The summed E-state index contributed by atoms with van der Waals surface area (Å²) in [5, 5.41) is 5.02. The maximum Gasteiger partial charge on any atom is 0.0348 e. The number of piperidine rings is 2. The number of rotatable bonds is 9. The quantitative estimate of drug-likeness (QED) is 0.516. The molecule has 2 aliphatic rings. The van der Waals surface area contributed by atoms with Crippen molar-refractivity contribution in [2.24, 2.45) is 10.8 Å². The summed E-state index contributed by atoms with van der Waals surface area (Å²) in [5.74, 6) is 0. The first-order valence-corrected chi connectivity index (χ1v) is 11.9. The molecule has 2 aliphatic heterocycles. The molecule has 0 amide bonds. The molecule has 2 N–H and O–H groups in total. The van der Waals surface area contributed by atoms with Gasteiger partial charge < -0.3 is 0 Å². The molecule has 0 atom stereocenters. The molecule has 0 radical (unpaired) electrons. The molecule has 4 nitrogen and oxygen atoms in total. The van der Waals surface area contributed by atoms with E-state index in [0.717, 1.165) is 13.1 Å². The first-order chi connectivity index (χ1) is 12.9. The molecule has 0 aliphatic carbocycles. The van der Waals surface area contributed by atoms with Crippen LogP contribution in [0.4, 0.5) is 0 Å². The molecule has 2 saturated heterocycles. The van der Waals surface area contributed by atoms with Gasteiger partial charge in [-0.25, -0.2) is 10.0 Å². The molecule has 0 saturated carbocycles. The molecule has 2 fully saturated rings. The molecule has 2 rings (SSSR count). The Bertz CT molecular complexity index is 437. The average molecular weight is 395 g/mol. The second kappa shape index (κ2) is 9.32. The van der Waals surface area contributed by atoms with Crippen molar-refractivity contribution in [1.29, 1.82) is 0 Å². The third-order valence-corrected chi connectivity index (χ3v) is 8.74. The maximum atomic E-state index is 3.74. The van der Waals surface area contributed by atoms with Crippen LogP contribution in [0.15, 0.2) is 0 Å². The van der Waals surface area contributed by atoms with E-state index in [2.05, 4.69) is 76.3 Å². The standard InChI is InChI=1S/C24H50N4/c1-21(2)15-13-19-27(23(21,5)6)25-17-11-9-10-12-18-26-28-20-14-16-22(3,4)24(28,7)8/h25-26H,9-20H2,1-8H3. The van der Waals surface area contributed by atoms with Gasteiger partial charge in [0.25, 0.3) is 0 Å². The van der Waals surface area contributed by atoms with E-state index in [9.17, 15) is 0 Å². The zero-order chi connectivity index (χ0) is 21.1. The lowest BCUT2D eigenvalue weighted by atomic mass is 9.69. The molecule has 166 valence electrons. The maximum absolute atomic E-state index is 3.74. The SMILES string of the molecule is CC1(C)CCCN(NCCCCCCNN2CCCC(C)(C)C2(C)C)C1(C)C. The summed E-state index contributed by atoms with van der Waals surface area (Å²) >= 11 is 0. The van der Waals surface area contributed by atoms with E-state index in [1.165, 1.54) is 64.5 Å². The molecule has 0 unspecified atom stereocenters. The Labute approximate surface area is 176 Å². The van der Waals surface area contributed by atoms with Crippen molar-refractivity contribution in [2.75, 3.05) is 26.2 Å². The van der Waals surface area contributed by atoms with Gasteiger partial charge in [-0.05, 0) is 77.0 Å². The van der Waals surface area contributed by atoms with Crippen molar-refractivity contribution in [3.05, 3.63) is 0 Å². The van der Waals surface area contributed by atoms with Crippen LogP contribution in [-0.2, 0) is 0 Å². The van der Waals surface area contributed by atoms with Crippen LogP contribution in [-0.4, -0.2) is 47.3 Å². The second-order valence-corrected chi connectivity index (χ2v) is 11.6. The van der Waals surface area contributed by atoms with Crippen LogP contribution in [0.3, 0.4) is 0 Å². The van der Waals surface area contributed by atoms with Crippen LogP contribution in [0.2, 0.25) is 0 Å². The third-order valence-electron chi connectivity index (χ3n) is 8.74. The second-order valence-electron chi connectivity index (χ2n) is 11.6. The fraction of sp³-hybridized carbons (Fsp3) is 1.00. The number of nitrogens with one attached hydrogen (secondary N) is 2. The molecule has 0 spiro atoms. The lowest BCUT2D eigenvalue weighted by Crippen LogP contribution is -2.62. The minimum atomic E-state index is 0.226. The van der Waals surface area contributed by atoms with Gasteiger partial charge in [0.2, 0.25) is 0 Å². The average Bonchev–Trinajstić information content (AvgIpc) is 2.57.